The second kappa shape index (κ2) is 7.03. The van der Waals surface area contributed by atoms with Gasteiger partial charge in [0.15, 0.2) is 0 Å². The molecule has 0 aromatic heterocycles. The van der Waals surface area contributed by atoms with Crippen molar-refractivity contribution in [3.63, 3.8) is 0 Å². The zero-order valence-electron chi connectivity index (χ0n) is 11.9. The molecule has 0 aliphatic rings. The molecule has 2 rings (SSSR count). The summed E-state index contributed by atoms with van der Waals surface area (Å²) in [6.45, 7) is -0.000338. The Bertz CT molecular complexity index is 689. The minimum absolute atomic E-state index is 0.000338. The lowest BCUT2D eigenvalue weighted by Gasteiger charge is -2.21. The van der Waals surface area contributed by atoms with Crippen molar-refractivity contribution in [2.24, 2.45) is 0 Å². The fourth-order valence-corrected chi connectivity index (χ4v) is 2.97. The topological polar surface area (TPSA) is 78.8 Å². The molecule has 0 bridgehead atoms. The normalized spacial score (nSPS) is 12.9. The number of benzene rings is 2. The zero-order valence-corrected chi connectivity index (χ0v) is 12.8. The summed E-state index contributed by atoms with van der Waals surface area (Å²) in [4.78, 5) is 19.1. The molecule has 1 atom stereocenters. The van der Waals surface area contributed by atoms with Gasteiger partial charge in [-0.1, -0.05) is 30.3 Å². The van der Waals surface area contributed by atoms with Crippen LogP contribution in [0.15, 0.2) is 48.5 Å². The lowest BCUT2D eigenvalue weighted by atomic mass is 10.2. The van der Waals surface area contributed by atoms with Gasteiger partial charge >= 0.3 is 7.60 Å². The Balaban J connectivity index is 2.24. The first-order valence-electron chi connectivity index (χ1n) is 6.58. The average molecular weight is 325 g/mol. The molecule has 0 saturated carbocycles. The predicted octanol–water partition coefficient (Wildman–Crippen LogP) is 2.80. The highest BCUT2D eigenvalue weighted by Gasteiger charge is 2.30. The number of methoxy groups -OCH3 is 1. The van der Waals surface area contributed by atoms with Gasteiger partial charge in [0.05, 0.1) is 7.11 Å². The molecular weight excluding hydrogens is 308 g/mol. The monoisotopic (exact) mass is 325 g/mol. The average Bonchev–Trinajstić information content (AvgIpc) is 2.48. The van der Waals surface area contributed by atoms with Crippen LogP contribution in [0.25, 0.3) is 0 Å². The molecule has 5 nitrogen and oxygen atoms in total. The van der Waals surface area contributed by atoms with E-state index in [1.165, 1.54) is 19.2 Å². The first kappa shape index (κ1) is 16.6. The van der Waals surface area contributed by atoms with Crippen LogP contribution in [-0.4, -0.2) is 16.9 Å². The Morgan fingerprint density at radius 2 is 1.95 bits per heavy atom. The highest BCUT2D eigenvalue weighted by molar-refractivity contribution is 7.52. The van der Waals surface area contributed by atoms with Gasteiger partial charge in [0.2, 0.25) is 0 Å². The highest BCUT2D eigenvalue weighted by Crippen LogP contribution is 2.50. The van der Waals surface area contributed by atoms with Crippen molar-refractivity contribution in [1.29, 1.82) is 0 Å². The van der Waals surface area contributed by atoms with E-state index < -0.39 is 19.2 Å². The Morgan fingerprint density at radius 3 is 2.59 bits per heavy atom. The van der Waals surface area contributed by atoms with Crippen molar-refractivity contribution < 1.29 is 23.5 Å². The molecule has 0 saturated heterocycles. The van der Waals surface area contributed by atoms with Gasteiger partial charge in [0, 0.05) is 12.1 Å². The van der Waals surface area contributed by atoms with Crippen molar-refractivity contribution in [2.45, 2.75) is 12.3 Å². The Morgan fingerprint density at radius 1 is 1.23 bits per heavy atom. The van der Waals surface area contributed by atoms with E-state index in [-0.39, 0.29) is 6.54 Å². The SMILES string of the molecule is COc1cccc([C@H](NCc2ccccc2F)P(=O)(O)O)c1. The van der Waals surface area contributed by atoms with Gasteiger partial charge < -0.3 is 14.5 Å². The maximum Gasteiger partial charge on any atom is 0.346 e. The summed E-state index contributed by atoms with van der Waals surface area (Å²) in [5.74, 6) is -1.17. The molecule has 0 fully saturated rings. The predicted molar refractivity (Wildman–Crippen MR) is 81.0 cm³/mol. The van der Waals surface area contributed by atoms with Gasteiger partial charge in [-0.3, -0.25) is 9.88 Å². The van der Waals surface area contributed by atoms with Crippen molar-refractivity contribution in [2.75, 3.05) is 7.11 Å². The fourth-order valence-electron chi connectivity index (χ4n) is 2.09. The van der Waals surface area contributed by atoms with Crippen LogP contribution < -0.4 is 10.1 Å². The second-order valence-corrected chi connectivity index (χ2v) is 6.44. The van der Waals surface area contributed by atoms with Gasteiger partial charge in [0.25, 0.3) is 0 Å². The van der Waals surface area contributed by atoms with Crippen LogP contribution in [0.3, 0.4) is 0 Å². The van der Waals surface area contributed by atoms with E-state index in [0.29, 0.717) is 16.9 Å². The van der Waals surface area contributed by atoms with Crippen LogP contribution in [0.1, 0.15) is 16.9 Å². The molecular formula is C15H17FNO4P. The second-order valence-electron chi connectivity index (χ2n) is 4.74. The number of rotatable bonds is 6. The number of hydrogen-bond acceptors (Lipinski definition) is 3. The summed E-state index contributed by atoms with van der Waals surface area (Å²) in [5.41, 5.74) is 0.716. The highest BCUT2D eigenvalue weighted by atomic mass is 31.2. The fraction of sp³-hybridized carbons (Fsp3) is 0.200. The number of ether oxygens (including phenoxy) is 1. The standard InChI is InChI=1S/C15H17FNO4P/c1-21-13-7-4-6-11(9-13)15(22(18,19)20)17-10-12-5-2-3-8-14(12)16/h2-9,15,17H,10H2,1H3,(H2,18,19,20)/t15-/m1/s1. The summed E-state index contributed by atoms with van der Waals surface area (Å²) in [6.07, 6.45) is 0. The third-order valence-corrected chi connectivity index (χ3v) is 4.34. The Hall–Kier alpha value is -1.72. The van der Waals surface area contributed by atoms with Gasteiger partial charge in [-0.15, -0.1) is 0 Å². The number of halogens is 1. The summed E-state index contributed by atoms with van der Waals surface area (Å²) in [6, 6.07) is 12.5. The lowest BCUT2D eigenvalue weighted by molar-refractivity contribution is 0.346. The molecule has 118 valence electrons. The van der Waals surface area contributed by atoms with Crippen LogP contribution in [0, 0.1) is 5.82 Å². The molecule has 3 N–H and O–H groups in total. The molecule has 22 heavy (non-hydrogen) atoms. The molecule has 0 aliphatic heterocycles. The molecule has 2 aromatic carbocycles. The quantitative estimate of drug-likeness (QED) is 0.712. The van der Waals surface area contributed by atoms with E-state index in [4.69, 9.17) is 4.74 Å². The molecule has 0 heterocycles. The van der Waals surface area contributed by atoms with E-state index in [1.807, 2.05) is 0 Å². The molecule has 0 amide bonds. The summed E-state index contributed by atoms with van der Waals surface area (Å²) < 4.78 is 30.4. The van der Waals surface area contributed by atoms with Crippen molar-refractivity contribution in [1.82, 2.24) is 5.32 Å². The Kier molecular flexibility index (Phi) is 5.32. The summed E-state index contributed by atoms with van der Waals surface area (Å²) >= 11 is 0. The van der Waals surface area contributed by atoms with E-state index in [2.05, 4.69) is 5.32 Å². The van der Waals surface area contributed by atoms with Crippen LogP contribution in [0.2, 0.25) is 0 Å². The van der Waals surface area contributed by atoms with E-state index in [1.54, 1.807) is 36.4 Å². The maximum absolute atomic E-state index is 13.6. The van der Waals surface area contributed by atoms with Crippen LogP contribution in [-0.2, 0) is 11.1 Å². The maximum atomic E-state index is 13.6. The molecule has 0 aliphatic carbocycles. The third kappa shape index (κ3) is 4.15. The van der Waals surface area contributed by atoms with Crippen LogP contribution in [0.5, 0.6) is 5.75 Å². The van der Waals surface area contributed by atoms with Gasteiger partial charge in [-0.2, -0.15) is 0 Å². The minimum Gasteiger partial charge on any atom is -0.497 e. The first-order valence-corrected chi connectivity index (χ1v) is 8.26. The van der Waals surface area contributed by atoms with Gasteiger partial charge in [-0.05, 0) is 23.8 Å². The lowest BCUT2D eigenvalue weighted by Crippen LogP contribution is -2.21. The zero-order chi connectivity index (χ0) is 16.2. The van der Waals surface area contributed by atoms with Crippen molar-refractivity contribution >= 4 is 7.60 Å². The van der Waals surface area contributed by atoms with Crippen LogP contribution in [0.4, 0.5) is 4.39 Å². The summed E-state index contributed by atoms with van der Waals surface area (Å²) in [7, 11) is -3.00. The number of hydrogen-bond donors (Lipinski definition) is 3. The van der Waals surface area contributed by atoms with Gasteiger partial charge in [-0.25, -0.2) is 4.39 Å². The van der Waals surface area contributed by atoms with Gasteiger partial charge in [0.1, 0.15) is 17.3 Å². The minimum atomic E-state index is -4.47. The third-order valence-electron chi connectivity index (χ3n) is 3.19. The molecule has 2 aromatic rings. The molecule has 7 heteroatoms. The smallest absolute Gasteiger partial charge is 0.346 e. The summed E-state index contributed by atoms with van der Waals surface area (Å²) in [5, 5.41) is 2.73. The Labute approximate surface area is 127 Å². The van der Waals surface area contributed by atoms with E-state index in [0.717, 1.165) is 0 Å². The molecule has 0 spiro atoms. The number of nitrogens with one attached hydrogen (secondary N) is 1. The first-order chi connectivity index (χ1) is 10.4. The van der Waals surface area contributed by atoms with E-state index >= 15 is 0 Å². The van der Waals surface area contributed by atoms with E-state index in [9.17, 15) is 18.7 Å². The van der Waals surface area contributed by atoms with Crippen molar-refractivity contribution in [3.05, 3.63) is 65.5 Å². The van der Waals surface area contributed by atoms with Crippen LogP contribution >= 0.6 is 7.60 Å². The largest absolute Gasteiger partial charge is 0.497 e. The van der Waals surface area contributed by atoms with Crippen molar-refractivity contribution in [3.8, 4) is 5.75 Å². The molecule has 0 unspecified atom stereocenters. The molecule has 0 radical (unpaired) electrons.